The summed E-state index contributed by atoms with van der Waals surface area (Å²) in [5.74, 6) is 0.0420. The molecule has 7 heteroatoms. The molecule has 0 amide bonds. The predicted molar refractivity (Wildman–Crippen MR) is 66.5 cm³/mol. The number of hydrogen-bond donors (Lipinski definition) is 3. The van der Waals surface area contributed by atoms with Crippen molar-refractivity contribution in [2.24, 2.45) is 5.92 Å². The van der Waals surface area contributed by atoms with Crippen molar-refractivity contribution in [3.63, 3.8) is 0 Å². The zero-order valence-electron chi connectivity index (χ0n) is 9.93. The molecule has 1 unspecified atom stereocenters. The van der Waals surface area contributed by atoms with Gasteiger partial charge in [-0.05, 0) is 18.8 Å². The molecule has 2 heterocycles. The largest absolute Gasteiger partial charge is 0.481 e. The Labute approximate surface area is 104 Å². The topological polar surface area (TPSA) is 112 Å². The highest BCUT2D eigenvalue weighted by molar-refractivity contribution is 5.66. The molecule has 0 bridgehead atoms. The molecule has 1 aliphatic heterocycles. The number of rotatable bonds is 4. The van der Waals surface area contributed by atoms with Gasteiger partial charge >= 0.3 is 5.97 Å². The Morgan fingerprint density at radius 1 is 1.67 bits per heavy atom. The zero-order chi connectivity index (χ0) is 13.1. The number of nitrogens with zero attached hydrogens (tertiary/aromatic N) is 2. The van der Waals surface area contributed by atoms with E-state index in [4.69, 9.17) is 10.8 Å². The standard InChI is InChI=1S/C11H16N4O3/c12-9-10(13-6-14-11(9)18)15-4-3-7(5-15)1-2-8(16)17/h6-7H,1-5,12H2,(H,16,17)(H,13,14,18). The molecule has 0 aliphatic carbocycles. The third-order valence-corrected chi connectivity index (χ3v) is 3.22. The fourth-order valence-electron chi connectivity index (χ4n) is 2.24. The number of carboxylic acid groups (broad SMARTS) is 1. The predicted octanol–water partition coefficient (Wildman–Crippen LogP) is 0.0432. The molecule has 0 aromatic carbocycles. The highest BCUT2D eigenvalue weighted by Gasteiger charge is 2.25. The molecule has 1 fully saturated rings. The Balaban J connectivity index is 2.02. The molecule has 4 N–H and O–H groups in total. The highest BCUT2D eigenvalue weighted by Crippen LogP contribution is 2.26. The molecule has 7 nitrogen and oxygen atoms in total. The Morgan fingerprint density at radius 3 is 3.17 bits per heavy atom. The number of nitrogens with one attached hydrogen (secondary N) is 1. The summed E-state index contributed by atoms with van der Waals surface area (Å²) in [6.07, 6.45) is 3.06. The average molecular weight is 252 g/mol. The van der Waals surface area contributed by atoms with E-state index in [1.807, 2.05) is 4.90 Å². The molecule has 1 aliphatic rings. The maximum absolute atomic E-state index is 11.4. The summed E-state index contributed by atoms with van der Waals surface area (Å²) in [6.45, 7) is 1.46. The summed E-state index contributed by atoms with van der Waals surface area (Å²) in [4.78, 5) is 30.3. The quantitative estimate of drug-likeness (QED) is 0.697. The first-order valence-corrected chi connectivity index (χ1v) is 5.88. The third kappa shape index (κ3) is 2.61. The summed E-state index contributed by atoms with van der Waals surface area (Å²) in [6, 6.07) is 0. The Hall–Kier alpha value is -2.05. The van der Waals surface area contributed by atoms with Gasteiger partial charge in [0.25, 0.3) is 5.56 Å². The summed E-state index contributed by atoms with van der Waals surface area (Å²) >= 11 is 0. The number of H-pyrrole nitrogens is 1. The van der Waals surface area contributed by atoms with Gasteiger partial charge in [-0.3, -0.25) is 9.59 Å². The molecule has 1 saturated heterocycles. The SMILES string of the molecule is Nc1c(N2CCC(CCC(=O)O)C2)nc[nH]c1=O. The van der Waals surface area contributed by atoms with Crippen molar-refractivity contribution in [2.75, 3.05) is 23.7 Å². The van der Waals surface area contributed by atoms with Gasteiger partial charge in [-0.25, -0.2) is 4.98 Å². The number of hydrogen-bond acceptors (Lipinski definition) is 5. The lowest BCUT2D eigenvalue weighted by Gasteiger charge is -2.18. The van der Waals surface area contributed by atoms with Gasteiger partial charge in [0.15, 0.2) is 5.82 Å². The molecule has 18 heavy (non-hydrogen) atoms. The van der Waals surface area contributed by atoms with Crippen molar-refractivity contribution in [3.8, 4) is 0 Å². The van der Waals surface area contributed by atoms with Crippen LogP contribution in [0.3, 0.4) is 0 Å². The van der Waals surface area contributed by atoms with E-state index in [-0.39, 0.29) is 17.7 Å². The van der Waals surface area contributed by atoms with Gasteiger partial charge in [0.2, 0.25) is 0 Å². The number of aromatic amines is 1. The maximum Gasteiger partial charge on any atom is 0.303 e. The van der Waals surface area contributed by atoms with E-state index < -0.39 is 5.97 Å². The van der Waals surface area contributed by atoms with E-state index in [1.54, 1.807) is 0 Å². The Kier molecular flexibility index (Phi) is 3.50. The van der Waals surface area contributed by atoms with Gasteiger partial charge in [0.05, 0.1) is 6.33 Å². The second-order valence-electron chi connectivity index (χ2n) is 4.50. The maximum atomic E-state index is 11.4. The average Bonchev–Trinajstić information content (AvgIpc) is 2.78. The molecule has 0 radical (unpaired) electrons. The van der Waals surface area contributed by atoms with Gasteiger partial charge in [-0.15, -0.1) is 0 Å². The van der Waals surface area contributed by atoms with E-state index in [2.05, 4.69) is 9.97 Å². The molecule has 0 spiro atoms. The van der Waals surface area contributed by atoms with Crippen LogP contribution in [0, 0.1) is 5.92 Å². The van der Waals surface area contributed by atoms with Crippen LogP contribution in [-0.4, -0.2) is 34.1 Å². The van der Waals surface area contributed by atoms with E-state index in [0.717, 1.165) is 13.0 Å². The highest BCUT2D eigenvalue weighted by atomic mass is 16.4. The van der Waals surface area contributed by atoms with Crippen LogP contribution in [0.2, 0.25) is 0 Å². The first kappa shape index (κ1) is 12.4. The second kappa shape index (κ2) is 5.07. The van der Waals surface area contributed by atoms with Gasteiger partial charge in [-0.1, -0.05) is 0 Å². The number of aliphatic carboxylic acids is 1. The molecule has 1 aromatic heterocycles. The minimum Gasteiger partial charge on any atom is -0.481 e. The van der Waals surface area contributed by atoms with Crippen LogP contribution in [0.1, 0.15) is 19.3 Å². The van der Waals surface area contributed by atoms with Gasteiger partial charge < -0.3 is 20.7 Å². The van der Waals surface area contributed by atoms with Crippen molar-refractivity contribution in [1.29, 1.82) is 0 Å². The summed E-state index contributed by atoms with van der Waals surface area (Å²) < 4.78 is 0. The van der Waals surface area contributed by atoms with Gasteiger partial charge in [0.1, 0.15) is 5.69 Å². The van der Waals surface area contributed by atoms with Crippen LogP contribution < -0.4 is 16.2 Å². The number of nitrogen functional groups attached to an aromatic ring is 1. The zero-order valence-corrected chi connectivity index (χ0v) is 9.93. The molecular formula is C11H16N4O3. The molecular weight excluding hydrogens is 236 g/mol. The summed E-state index contributed by atoms with van der Waals surface area (Å²) in [5, 5.41) is 8.65. The minimum atomic E-state index is -0.776. The van der Waals surface area contributed by atoms with Gasteiger partial charge in [-0.2, -0.15) is 0 Å². The van der Waals surface area contributed by atoms with Crippen LogP contribution >= 0.6 is 0 Å². The van der Waals surface area contributed by atoms with Crippen molar-refractivity contribution in [1.82, 2.24) is 9.97 Å². The Bertz CT molecular complexity index is 499. The van der Waals surface area contributed by atoms with Crippen LogP contribution in [0.5, 0.6) is 0 Å². The normalized spacial score (nSPS) is 19.1. The lowest BCUT2D eigenvalue weighted by molar-refractivity contribution is -0.137. The minimum absolute atomic E-state index is 0.122. The van der Waals surface area contributed by atoms with E-state index in [1.165, 1.54) is 6.33 Å². The third-order valence-electron chi connectivity index (χ3n) is 3.22. The van der Waals surface area contributed by atoms with Gasteiger partial charge in [0, 0.05) is 19.5 Å². The number of aromatic nitrogens is 2. The number of carbonyl (C=O) groups is 1. The molecule has 2 rings (SSSR count). The van der Waals surface area contributed by atoms with Crippen molar-refractivity contribution < 1.29 is 9.90 Å². The monoisotopic (exact) mass is 252 g/mol. The molecule has 1 atom stereocenters. The fourth-order valence-corrected chi connectivity index (χ4v) is 2.24. The van der Waals surface area contributed by atoms with E-state index >= 15 is 0 Å². The van der Waals surface area contributed by atoms with Crippen molar-refractivity contribution in [2.45, 2.75) is 19.3 Å². The fraction of sp³-hybridized carbons (Fsp3) is 0.545. The molecule has 0 saturated carbocycles. The van der Waals surface area contributed by atoms with Crippen molar-refractivity contribution in [3.05, 3.63) is 16.7 Å². The van der Waals surface area contributed by atoms with Crippen LogP contribution in [-0.2, 0) is 4.79 Å². The lowest BCUT2D eigenvalue weighted by Crippen LogP contribution is -2.26. The molecule has 1 aromatic rings. The first-order valence-electron chi connectivity index (χ1n) is 5.88. The summed E-state index contributed by atoms with van der Waals surface area (Å²) in [5.41, 5.74) is 5.47. The van der Waals surface area contributed by atoms with E-state index in [0.29, 0.717) is 24.7 Å². The van der Waals surface area contributed by atoms with Crippen molar-refractivity contribution >= 4 is 17.5 Å². The number of nitrogens with two attached hydrogens (primary N) is 1. The van der Waals surface area contributed by atoms with Crippen LogP contribution in [0.15, 0.2) is 11.1 Å². The smallest absolute Gasteiger partial charge is 0.303 e. The molecule has 98 valence electrons. The van der Waals surface area contributed by atoms with Crippen LogP contribution in [0.4, 0.5) is 11.5 Å². The van der Waals surface area contributed by atoms with Crippen LogP contribution in [0.25, 0.3) is 0 Å². The van der Waals surface area contributed by atoms with E-state index in [9.17, 15) is 9.59 Å². The first-order chi connectivity index (χ1) is 8.58. The number of carboxylic acids is 1. The summed E-state index contributed by atoms with van der Waals surface area (Å²) in [7, 11) is 0. The Morgan fingerprint density at radius 2 is 2.44 bits per heavy atom. The lowest BCUT2D eigenvalue weighted by atomic mass is 10.0. The number of anilines is 2. The second-order valence-corrected chi connectivity index (χ2v) is 4.50.